The fourth-order valence-corrected chi connectivity index (χ4v) is 6.72. The molecule has 2 atom stereocenters. The van der Waals surface area contributed by atoms with Crippen LogP contribution in [0.25, 0.3) is 5.57 Å². The molecule has 240 valence electrons. The van der Waals surface area contributed by atoms with E-state index in [-0.39, 0.29) is 5.91 Å². The number of carbonyl (C=O) groups is 1. The van der Waals surface area contributed by atoms with Gasteiger partial charge in [-0.25, -0.2) is 9.97 Å². The molecule has 1 saturated heterocycles. The lowest BCUT2D eigenvalue weighted by molar-refractivity contribution is -0.111. The number of aromatic nitrogens is 2. The minimum absolute atomic E-state index is 0.303. The Bertz CT molecular complexity index is 1670. The summed E-state index contributed by atoms with van der Waals surface area (Å²) in [5.74, 6) is 1.24. The van der Waals surface area contributed by atoms with E-state index >= 15 is 0 Å². The molecule has 0 saturated carbocycles. The molecule has 1 amide bonds. The monoisotopic (exact) mass is 619 g/mol. The number of methoxy groups -OCH3 is 1. The quantitative estimate of drug-likeness (QED) is 0.190. The molecule has 46 heavy (non-hydrogen) atoms. The minimum Gasteiger partial charge on any atom is -0.494 e. The highest BCUT2D eigenvalue weighted by Gasteiger charge is 2.28. The average molecular weight is 620 g/mol. The number of allylic oxidation sites excluding steroid dienone is 1. The highest BCUT2D eigenvalue weighted by atomic mass is 16.5. The Hall–Kier alpha value is -4.68. The number of hydrogen-bond donors (Lipinski definition) is 2. The van der Waals surface area contributed by atoms with Gasteiger partial charge in [-0.1, -0.05) is 44.2 Å². The number of carbonyl (C=O) groups excluding carboxylic acids is 1. The molecule has 2 unspecified atom stereocenters. The van der Waals surface area contributed by atoms with Crippen molar-refractivity contribution in [3.8, 4) is 11.8 Å². The number of nitrogens with one attached hydrogen (secondary N) is 2. The maximum Gasteiger partial charge on any atom is 0.247 e. The predicted octanol–water partition coefficient (Wildman–Crippen LogP) is 6.72. The van der Waals surface area contributed by atoms with Crippen LogP contribution >= 0.6 is 0 Å². The second-order valence-electron chi connectivity index (χ2n) is 12.3. The van der Waals surface area contributed by atoms with Gasteiger partial charge in [0.25, 0.3) is 0 Å². The maximum absolute atomic E-state index is 12.5. The van der Waals surface area contributed by atoms with Gasteiger partial charge in [-0.05, 0) is 87.9 Å². The first-order valence-electron chi connectivity index (χ1n) is 16.2. The van der Waals surface area contributed by atoms with Crippen LogP contribution in [-0.4, -0.2) is 61.1 Å². The normalized spacial score (nSPS) is 18.0. The highest BCUT2D eigenvalue weighted by molar-refractivity contribution is 6.02. The molecule has 1 fully saturated rings. The lowest BCUT2D eigenvalue weighted by Crippen LogP contribution is -2.31. The zero-order valence-electron chi connectivity index (χ0n) is 27.7. The van der Waals surface area contributed by atoms with Gasteiger partial charge in [0.15, 0.2) is 0 Å². The van der Waals surface area contributed by atoms with E-state index in [2.05, 4.69) is 77.3 Å². The maximum atomic E-state index is 12.5. The first-order chi connectivity index (χ1) is 22.3. The standard InChI is InChI=1S/C37H45N7O2/c1-7-24-12-10-13-25-14-11-15-29(30(25)18-24)28(8-2)36-26(21-38)22-39-37(42-36)41-32-19-31(40-35(45)9-3)33(20-34(32)46-6)44-17-16-27(23-44)43(4)5/h8-9,11,14-15,19-20,22,24,27H,3,7,10,12-13,16-18,23H2,1-2,4-6H3,(H,40,45)(H,39,41,42). The number of aryl methyl sites for hydroxylation is 1. The van der Waals surface area contributed by atoms with Gasteiger partial charge < -0.3 is 25.2 Å². The molecule has 0 spiro atoms. The lowest BCUT2D eigenvalue weighted by Gasteiger charge is -2.25. The molecule has 1 aromatic heterocycles. The number of benzene rings is 2. The zero-order valence-corrected chi connectivity index (χ0v) is 27.7. The fourth-order valence-electron chi connectivity index (χ4n) is 6.72. The van der Waals surface area contributed by atoms with Crippen LogP contribution in [-0.2, 0) is 17.6 Å². The van der Waals surface area contributed by atoms with Crippen LogP contribution in [0.3, 0.4) is 0 Å². The second kappa shape index (κ2) is 14.6. The fraction of sp³-hybridized carbons (Fsp3) is 0.405. The van der Waals surface area contributed by atoms with Crippen LogP contribution < -0.4 is 20.3 Å². The van der Waals surface area contributed by atoms with Crippen LogP contribution in [0.1, 0.15) is 67.5 Å². The highest BCUT2D eigenvalue weighted by Crippen LogP contribution is 2.40. The molecule has 2 heterocycles. The van der Waals surface area contributed by atoms with Crippen LogP contribution in [0.2, 0.25) is 0 Å². The Kier molecular flexibility index (Phi) is 10.4. The lowest BCUT2D eigenvalue weighted by atomic mass is 9.87. The average Bonchev–Trinajstić information content (AvgIpc) is 3.46. The van der Waals surface area contributed by atoms with E-state index < -0.39 is 0 Å². The summed E-state index contributed by atoms with van der Waals surface area (Å²) < 4.78 is 5.83. The summed E-state index contributed by atoms with van der Waals surface area (Å²) in [4.78, 5) is 26.4. The van der Waals surface area contributed by atoms with Crippen molar-refractivity contribution in [3.05, 3.63) is 83.2 Å². The van der Waals surface area contributed by atoms with Crippen molar-refractivity contribution >= 4 is 34.5 Å². The molecule has 2 N–H and O–H groups in total. The number of hydrogen-bond acceptors (Lipinski definition) is 8. The Balaban J connectivity index is 1.54. The van der Waals surface area contributed by atoms with Crippen LogP contribution in [0.5, 0.6) is 5.75 Å². The van der Waals surface area contributed by atoms with E-state index in [0.717, 1.165) is 55.6 Å². The van der Waals surface area contributed by atoms with E-state index in [1.165, 1.54) is 30.0 Å². The zero-order chi connectivity index (χ0) is 32.8. The molecule has 9 nitrogen and oxygen atoms in total. The number of likely N-dealkylation sites (N-methyl/N-ethyl adjacent to an activating group) is 1. The van der Waals surface area contributed by atoms with Crippen molar-refractivity contribution in [1.82, 2.24) is 14.9 Å². The Morgan fingerprint density at radius 1 is 1.26 bits per heavy atom. The third-order valence-electron chi connectivity index (χ3n) is 9.39. The summed E-state index contributed by atoms with van der Waals surface area (Å²) in [7, 11) is 5.79. The van der Waals surface area contributed by atoms with E-state index in [0.29, 0.717) is 46.3 Å². The van der Waals surface area contributed by atoms with Crippen molar-refractivity contribution in [2.75, 3.05) is 49.8 Å². The Morgan fingerprint density at radius 2 is 2.09 bits per heavy atom. The van der Waals surface area contributed by atoms with Gasteiger partial charge in [0, 0.05) is 30.8 Å². The summed E-state index contributed by atoms with van der Waals surface area (Å²) >= 11 is 0. The minimum atomic E-state index is -0.303. The van der Waals surface area contributed by atoms with Gasteiger partial charge in [0.1, 0.15) is 11.8 Å². The Morgan fingerprint density at radius 3 is 2.76 bits per heavy atom. The molecule has 0 radical (unpaired) electrons. The van der Waals surface area contributed by atoms with Crippen molar-refractivity contribution in [3.63, 3.8) is 0 Å². The van der Waals surface area contributed by atoms with Crippen molar-refractivity contribution in [1.29, 1.82) is 5.26 Å². The number of amides is 1. The molecular weight excluding hydrogens is 574 g/mol. The van der Waals surface area contributed by atoms with Gasteiger partial charge in [-0.2, -0.15) is 5.26 Å². The first kappa shape index (κ1) is 32.7. The molecule has 0 bridgehead atoms. The SMILES string of the molecule is C=CC(=O)Nc1cc(Nc2ncc(C#N)c(C(=CC)c3cccc4c3CC(CC)CCC4)n2)c(OC)cc1N1CCC(N(C)C)C1. The van der Waals surface area contributed by atoms with Crippen molar-refractivity contribution in [2.45, 2.75) is 58.4 Å². The second-order valence-corrected chi connectivity index (χ2v) is 12.3. The largest absolute Gasteiger partial charge is 0.494 e. The van der Waals surface area contributed by atoms with E-state index in [1.807, 2.05) is 25.1 Å². The molecule has 2 aromatic carbocycles. The summed E-state index contributed by atoms with van der Waals surface area (Å²) in [6, 6.07) is 13.0. The molecule has 5 rings (SSSR count). The van der Waals surface area contributed by atoms with Crippen LogP contribution in [0, 0.1) is 17.2 Å². The van der Waals surface area contributed by atoms with Gasteiger partial charge >= 0.3 is 0 Å². The van der Waals surface area contributed by atoms with Gasteiger partial charge in [0.05, 0.1) is 41.6 Å². The number of nitrogens with zero attached hydrogens (tertiary/aromatic N) is 5. The number of rotatable bonds is 10. The van der Waals surface area contributed by atoms with E-state index in [4.69, 9.17) is 9.72 Å². The topological polar surface area (TPSA) is 106 Å². The third kappa shape index (κ3) is 6.92. The molecule has 9 heteroatoms. The number of ether oxygens (including phenoxy) is 1. The summed E-state index contributed by atoms with van der Waals surface area (Å²) in [6.07, 6.45) is 11.5. The Labute approximate surface area is 273 Å². The molecule has 1 aliphatic carbocycles. The van der Waals surface area contributed by atoms with Crippen molar-refractivity contribution in [2.24, 2.45) is 5.92 Å². The van der Waals surface area contributed by atoms with Gasteiger partial charge in [-0.15, -0.1) is 0 Å². The first-order valence-corrected chi connectivity index (χ1v) is 16.2. The summed E-state index contributed by atoms with van der Waals surface area (Å²) in [5, 5.41) is 16.4. The third-order valence-corrected chi connectivity index (χ3v) is 9.39. The van der Waals surface area contributed by atoms with Gasteiger partial charge in [-0.3, -0.25) is 4.79 Å². The number of fused-ring (bicyclic) bond motifs is 1. The number of anilines is 4. The smallest absolute Gasteiger partial charge is 0.247 e. The predicted molar refractivity (Wildman–Crippen MR) is 186 cm³/mol. The number of nitriles is 1. The summed E-state index contributed by atoms with van der Waals surface area (Å²) in [6.45, 7) is 9.58. The van der Waals surface area contributed by atoms with Crippen LogP contribution in [0.4, 0.5) is 23.0 Å². The summed E-state index contributed by atoms with van der Waals surface area (Å²) in [5.41, 5.74) is 7.86. The van der Waals surface area contributed by atoms with Gasteiger partial charge in [0.2, 0.25) is 11.9 Å². The molecule has 3 aromatic rings. The van der Waals surface area contributed by atoms with Crippen LogP contribution in [0.15, 0.2) is 55.3 Å². The van der Waals surface area contributed by atoms with Crippen molar-refractivity contribution < 1.29 is 9.53 Å². The molecular formula is C37H45N7O2. The van der Waals surface area contributed by atoms with E-state index in [1.54, 1.807) is 13.3 Å². The molecule has 1 aliphatic heterocycles. The molecule has 2 aliphatic rings. The van der Waals surface area contributed by atoms with E-state index in [9.17, 15) is 10.1 Å².